The van der Waals surface area contributed by atoms with Crippen molar-refractivity contribution in [2.24, 2.45) is 0 Å². The Labute approximate surface area is 167 Å². The number of amides is 2. The number of hydrogen-bond acceptors (Lipinski definition) is 4. The van der Waals surface area contributed by atoms with Gasteiger partial charge in [-0.15, -0.1) is 5.10 Å². The van der Waals surface area contributed by atoms with E-state index in [2.05, 4.69) is 20.9 Å². The van der Waals surface area contributed by atoms with Crippen LogP contribution in [0.2, 0.25) is 5.02 Å². The molecule has 0 saturated carbocycles. The highest BCUT2D eigenvalue weighted by Gasteiger charge is 2.18. The molecular formula is C20H20ClN5O2. The Morgan fingerprint density at radius 3 is 2.61 bits per heavy atom. The molecule has 7 nitrogen and oxygen atoms in total. The van der Waals surface area contributed by atoms with E-state index in [0.29, 0.717) is 22.9 Å². The average molecular weight is 398 g/mol. The number of rotatable bonds is 7. The van der Waals surface area contributed by atoms with E-state index < -0.39 is 5.91 Å². The Hall–Kier alpha value is -3.19. The first kappa shape index (κ1) is 19.6. The van der Waals surface area contributed by atoms with Gasteiger partial charge in [0.15, 0.2) is 5.69 Å². The molecule has 3 aromatic rings. The van der Waals surface area contributed by atoms with E-state index in [1.54, 1.807) is 25.1 Å². The van der Waals surface area contributed by atoms with E-state index in [0.717, 1.165) is 12.0 Å². The third-order valence-electron chi connectivity index (χ3n) is 4.15. The third-order valence-corrected chi connectivity index (χ3v) is 4.39. The number of hydrogen-bond donors (Lipinski definition) is 2. The summed E-state index contributed by atoms with van der Waals surface area (Å²) in [6.07, 6.45) is 0.730. The van der Waals surface area contributed by atoms with Crippen molar-refractivity contribution in [1.29, 1.82) is 0 Å². The molecule has 0 aliphatic rings. The van der Waals surface area contributed by atoms with Crippen LogP contribution in [0.4, 0.5) is 0 Å². The van der Waals surface area contributed by atoms with Gasteiger partial charge in [-0.1, -0.05) is 53.2 Å². The average Bonchev–Trinajstić information content (AvgIpc) is 3.08. The van der Waals surface area contributed by atoms with Gasteiger partial charge in [-0.2, -0.15) is 0 Å². The predicted molar refractivity (Wildman–Crippen MR) is 107 cm³/mol. The number of benzene rings is 2. The molecule has 0 bridgehead atoms. The zero-order valence-electron chi connectivity index (χ0n) is 15.4. The molecule has 3 rings (SSSR count). The first-order chi connectivity index (χ1) is 13.5. The maximum Gasteiger partial charge on any atom is 0.274 e. The van der Waals surface area contributed by atoms with Crippen molar-refractivity contribution in [3.63, 3.8) is 0 Å². The van der Waals surface area contributed by atoms with Crippen LogP contribution < -0.4 is 10.6 Å². The van der Waals surface area contributed by atoms with Crippen LogP contribution in [0, 0.1) is 6.92 Å². The van der Waals surface area contributed by atoms with Gasteiger partial charge in [-0.25, -0.2) is 4.68 Å². The highest BCUT2D eigenvalue weighted by atomic mass is 35.5. The van der Waals surface area contributed by atoms with Crippen molar-refractivity contribution >= 4 is 23.4 Å². The second-order valence-electron chi connectivity index (χ2n) is 6.18. The summed E-state index contributed by atoms with van der Waals surface area (Å²) < 4.78 is 1.53. The monoisotopic (exact) mass is 397 g/mol. The molecule has 1 aromatic heterocycles. The van der Waals surface area contributed by atoms with Gasteiger partial charge in [0.2, 0.25) is 5.91 Å². The minimum absolute atomic E-state index is 0.128. The van der Waals surface area contributed by atoms with E-state index in [1.165, 1.54) is 4.68 Å². The lowest BCUT2D eigenvalue weighted by molar-refractivity contribution is -0.120. The number of nitrogens with one attached hydrogen (secondary N) is 2. The molecule has 2 amide bonds. The number of halogens is 1. The first-order valence-electron chi connectivity index (χ1n) is 8.81. The van der Waals surface area contributed by atoms with E-state index in [1.807, 2.05) is 36.4 Å². The molecule has 28 heavy (non-hydrogen) atoms. The minimum atomic E-state index is -0.455. The zero-order chi connectivity index (χ0) is 19.9. The van der Waals surface area contributed by atoms with E-state index in [-0.39, 0.29) is 18.1 Å². The summed E-state index contributed by atoms with van der Waals surface area (Å²) in [6, 6.07) is 16.9. The van der Waals surface area contributed by atoms with Crippen LogP contribution in [-0.4, -0.2) is 39.9 Å². The molecule has 0 fully saturated rings. The van der Waals surface area contributed by atoms with E-state index >= 15 is 0 Å². The van der Waals surface area contributed by atoms with Crippen LogP contribution in [0.15, 0.2) is 54.6 Å². The van der Waals surface area contributed by atoms with Crippen molar-refractivity contribution in [3.05, 3.63) is 76.6 Å². The van der Waals surface area contributed by atoms with Gasteiger partial charge >= 0.3 is 0 Å². The molecule has 0 aliphatic carbocycles. The predicted octanol–water partition coefficient (Wildman–Crippen LogP) is 2.32. The van der Waals surface area contributed by atoms with Gasteiger partial charge in [0.1, 0.15) is 0 Å². The highest BCUT2D eigenvalue weighted by molar-refractivity contribution is 6.30. The van der Waals surface area contributed by atoms with Crippen molar-refractivity contribution in [2.75, 3.05) is 13.1 Å². The molecule has 0 unspecified atom stereocenters. The zero-order valence-corrected chi connectivity index (χ0v) is 16.1. The van der Waals surface area contributed by atoms with Crippen LogP contribution in [-0.2, 0) is 11.2 Å². The lowest BCUT2D eigenvalue weighted by Gasteiger charge is -2.07. The fourth-order valence-corrected chi connectivity index (χ4v) is 2.87. The number of nitrogens with zero attached hydrogens (tertiary/aromatic N) is 3. The Morgan fingerprint density at radius 2 is 1.86 bits per heavy atom. The number of aromatic nitrogens is 3. The second-order valence-corrected chi connectivity index (χ2v) is 6.62. The van der Waals surface area contributed by atoms with Gasteiger partial charge in [-0.3, -0.25) is 9.59 Å². The van der Waals surface area contributed by atoms with Gasteiger partial charge in [0.25, 0.3) is 5.91 Å². The quantitative estimate of drug-likeness (QED) is 0.640. The Kier molecular flexibility index (Phi) is 6.39. The maximum absolute atomic E-state index is 12.3. The molecule has 144 valence electrons. The Morgan fingerprint density at radius 1 is 1.07 bits per heavy atom. The summed E-state index contributed by atoms with van der Waals surface area (Å²) in [5.74, 6) is -0.715. The van der Waals surface area contributed by atoms with Gasteiger partial charge in [0, 0.05) is 11.6 Å². The normalized spacial score (nSPS) is 10.5. The van der Waals surface area contributed by atoms with Crippen LogP contribution in [0.3, 0.4) is 0 Å². The van der Waals surface area contributed by atoms with Crippen molar-refractivity contribution in [1.82, 2.24) is 25.6 Å². The Bertz CT molecular complexity index is 972. The Balaban J connectivity index is 1.51. The molecule has 2 N–H and O–H groups in total. The maximum atomic E-state index is 12.3. The van der Waals surface area contributed by atoms with Crippen LogP contribution >= 0.6 is 11.6 Å². The van der Waals surface area contributed by atoms with Crippen molar-refractivity contribution in [2.45, 2.75) is 13.3 Å². The molecule has 1 heterocycles. The SMILES string of the molecule is Cc1c(C(=O)NCC(=O)NCCc2ccccc2)nnn1-c1cccc(Cl)c1. The van der Waals surface area contributed by atoms with Gasteiger partial charge in [-0.05, 0) is 37.1 Å². The number of carbonyl (C=O) groups excluding carboxylic acids is 2. The molecule has 0 atom stereocenters. The molecule has 8 heteroatoms. The third kappa shape index (κ3) is 4.95. The van der Waals surface area contributed by atoms with Crippen LogP contribution in [0.25, 0.3) is 5.69 Å². The summed E-state index contributed by atoms with van der Waals surface area (Å²) in [4.78, 5) is 24.3. The standard InChI is InChI=1S/C20H20ClN5O2/c1-14-19(24-25-26(14)17-9-5-8-16(21)12-17)20(28)23-13-18(27)22-11-10-15-6-3-2-4-7-15/h2-9,12H,10-11,13H2,1H3,(H,22,27)(H,23,28). The molecule has 0 spiro atoms. The topological polar surface area (TPSA) is 88.9 Å². The summed E-state index contributed by atoms with van der Waals surface area (Å²) in [6.45, 7) is 2.11. The van der Waals surface area contributed by atoms with E-state index in [4.69, 9.17) is 11.6 Å². The summed E-state index contributed by atoms with van der Waals surface area (Å²) in [5, 5.41) is 13.8. The molecule has 0 saturated heterocycles. The molecule has 0 aliphatic heterocycles. The fourth-order valence-electron chi connectivity index (χ4n) is 2.69. The van der Waals surface area contributed by atoms with Gasteiger partial charge in [0.05, 0.1) is 17.9 Å². The smallest absolute Gasteiger partial charge is 0.274 e. The molecule has 2 aromatic carbocycles. The summed E-state index contributed by atoms with van der Waals surface area (Å²) in [7, 11) is 0. The largest absolute Gasteiger partial charge is 0.354 e. The second kappa shape index (κ2) is 9.14. The lowest BCUT2D eigenvalue weighted by atomic mass is 10.1. The number of carbonyl (C=O) groups is 2. The fraction of sp³-hybridized carbons (Fsp3) is 0.200. The van der Waals surface area contributed by atoms with Crippen molar-refractivity contribution < 1.29 is 9.59 Å². The van der Waals surface area contributed by atoms with Gasteiger partial charge < -0.3 is 10.6 Å². The van der Waals surface area contributed by atoms with Crippen LogP contribution in [0.1, 0.15) is 21.7 Å². The highest BCUT2D eigenvalue weighted by Crippen LogP contribution is 2.16. The van der Waals surface area contributed by atoms with Crippen molar-refractivity contribution in [3.8, 4) is 5.69 Å². The summed E-state index contributed by atoms with van der Waals surface area (Å²) >= 11 is 6.00. The first-order valence-corrected chi connectivity index (χ1v) is 9.19. The summed E-state index contributed by atoms with van der Waals surface area (Å²) in [5.41, 5.74) is 2.57. The minimum Gasteiger partial charge on any atom is -0.354 e. The molecular weight excluding hydrogens is 378 g/mol. The van der Waals surface area contributed by atoms with E-state index in [9.17, 15) is 9.59 Å². The van der Waals surface area contributed by atoms with Crippen LogP contribution in [0.5, 0.6) is 0 Å². The lowest BCUT2D eigenvalue weighted by Crippen LogP contribution is -2.38. The molecule has 0 radical (unpaired) electrons.